The second kappa shape index (κ2) is 37.6. The van der Waals surface area contributed by atoms with Gasteiger partial charge in [-0.05, 0) is 44.9 Å². The fraction of sp³-hybridized carbons (Fsp3) is 0.894. The molecule has 1 aliphatic heterocycles. The number of ether oxygens (including phenoxy) is 2. The van der Waals surface area contributed by atoms with Gasteiger partial charge in [-0.25, -0.2) is 0 Å². The molecule has 1 fully saturated rings. The van der Waals surface area contributed by atoms with Crippen LogP contribution in [0.5, 0.6) is 0 Å². The summed E-state index contributed by atoms with van der Waals surface area (Å²) in [5.41, 5.74) is 0. The lowest BCUT2D eigenvalue weighted by Gasteiger charge is -2.40. The number of nitrogens with one attached hydrogen (secondary N) is 1. The van der Waals surface area contributed by atoms with Crippen molar-refractivity contribution in [3.63, 3.8) is 0 Å². The van der Waals surface area contributed by atoms with Crippen LogP contribution in [0.15, 0.2) is 24.3 Å². The summed E-state index contributed by atoms with van der Waals surface area (Å²) in [5, 5.41) is 64.6. The Balaban J connectivity index is 2.38. The molecule has 0 aliphatic carbocycles. The first kappa shape index (κ1) is 53.6. The Bertz CT molecular complexity index is 963. The van der Waals surface area contributed by atoms with Crippen LogP contribution in [0.2, 0.25) is 0 Å². The summed E-state index contributed by atoms with van der Waals surface area (Å²) >= 11 is 0. The van der Waals surface area contributed by atoms with Crippen LogP contribution in [-0.4, -0.2) is 98.7 Å². The number of aliphatic hydroxyl groups is 6. The van der Waals surface area contributed by atoms with Gasteiger partial charge in [-0.2, -0.15) is 0 Å². The molecule has 10 nitrogen and oxygen atoms in total. The molecular formula is C47H89NO9. The molecule has 1 rings (SSSR count). The monoisotopic (exact) mass is 812 g/mol. The Hall–Kier alpha value is -1.37. The van der Waals surface area contributed by atoms with E-state index < -0.39 is 61.5 Å². The second-order valence-electron chi connectivity index (χ2n) is 16.7. The molecule has 57 heavy (non-hydrogen) atoms. The number of carbonyl (C=O) groups excluding carboxylic acids is 1. The van der Waals surface area contributed by atoms with Crippen molar-refractivity contribution >= 4 is 5.91 Å². The third-order valence-corrected chi connectivity index (χ3v) is 11.4. The molecule has 0 bridgehead atoms. The van der Waals surface area contributed by atoms with Gasteiger partial charge in [-0.3, -0.25) is 4.79 Å². The van der Waals surface area contributed by atoms with E-state index in [1.807, 2.05) is 6.08 Å². The van der Waals surface area contributed by atoms with Crippen molar-refractivity contribution < 1.29 is 44.9 Å². The van der Waals surface area contributed by atoms with Gasteiger partial charge in [0.1, 0.15) is 30.5 Å². The highest BCUT2D eigenvalue weighted by Gasteiger charge is 2.44. The first-order valence-corrected chi connectivity index (χ1v) is 23.7. The van der Waals surface area contributed by atoms with Crippen LogP contribution in [0.1, 0.15) is 206 Å². The minimum Gasteiger partial charge on any atom is -0.394 e. The molecule has 1 heterocycles. The zero-order valence-electron chi connectivity index (χ0n) is 36.5. The number of hydrogen-bond donors (Lipinski definition) is 7. The molecule has 0 aromatic heterocycles. The van der Waals surface area contributed by atoms with Gasteiger partial charge < -0.3 is 45.4 Å². The Kier molecular flexibility index (Phi) is 35.4. The molecule has 0 saturated carbocycles. The highest BCUT2D eigenvalue weighted by molar-refractivity contribution is 5.80. The lowest BCUT2D eigenvalue weighted by atomic mass is 9.99. The van der Waals surface area contributed by atoms with Crippen molar-refractivity contribution in [1.82, 2.24) is 5.32 Å². The van der Waals surface area contributed by atoms with Crippen LogP contribution in [0, 0.1) is 0 Å². The summed E-state index contributed by atoms with van der Waals surface area (Å²) in [4.78, 5) is 13.0. The minimum atomic E-state index is -1.61. The standard InChI is InChI=1S/C47H89NO9/c1-3-5-7-9-11-13-15-17-18-19-20-21-22-24-26-28-30-32-34-36-41(51)46(55)48-39(38-56-47-45(54)44(53)43(52)42(37-49)57-47)40(50)35-33-31-29-27-25-23-16-14-12-10-8-6-4-2/h16,23,33,35,39-45,47,49-54H,3-15,17-22,24-32,34,36-38H2,1-2H3,(H,48,55)/b23-16+,35-33+/t39-,40+,41-,42-,43-,44+,45-,47-/m1/s1. The van der Waals surface area contributed by atoms with Crippen LogP contribution in [0.3, 0.4) is 0 Å². The molecule has 0 spiro atoms. The summed E-state index contributed by atoms with van der Waals surface area (Å²) in [6.07, 6.45) is 34.1. The number of hydrogen-bond acceptors (Lipinski definition) is 9. The Morgan fingerprint density at radius 1 is 0.596 bits per heavy atom. The van der Waals surface area contributed by atoms with Crippen LogP contribution >= 0.6 is 0 Å². The van der Waals surface area contributed by atoms with Crippen LogP contribution in [0.25, 0.3) is 0 Å². The van der Waals surface area contributed by atoms with Crippen molar-refractivity contribution in [3.8, 4) is 0 Å². The maximum atomic E-state index is 13.0. The van der Waals surface area contributed by atoms with Gasteiger partial charge in [0.2, 0.25) is 5.91 Å². The predicted octanol–water partition coefficient (Wildman–Crippen LogP) is 8.86. The third-order valence-electron chi connectivity index (χ3n) is 11.4. The van der Waals surface area contributed by atoms with E-state index in [1.165, 1.54) is 128 Å². The summed E-state index contributed by atoms with van der Waals surface area (Å²) in [6, 6.07) is -0.985. The van der Waals surface area contributed by atoms with E-state index in [9.17, 15) is 35.4 Å². The highest BCUT2D eigenvalue weighted by Crippen LogP contribution is 2.23. The molecule has 336 valence electrons. The first-order chi connectivity index (χ1) is 27.8. The fourth-order valence-corrected chi connectivity index (χ4v) is 7.45. The lowest BCUT2D eigenvalue weighted by molar-refractivity contribution is -0.302. The van der Waals surface area contributed by atoms with Gasteiger partial charge in [-0.1, -0.05) is 186 Å². The molecule has 1 saturated heterocycles. The average molecular weight is 812 g/mol. The number of unbranched alkanes of at least 4 members (excludes halogenated alkanes) is 26. The number of allylic oxidation sites excluding steroid dienone is 3. The van der Waals surface area contributed by atoms with Crippen molar-refractivity contribution in [2.24, 2.45) is 0 Å². The van der Waals surface area contributed by atoms with Gasteiger partial charge in [-0.15, -0.1) is 0 Å². The number of amides is 1. The van der Waals surface area contributed by atoms with Crippen molar-refractivity contribution in [3.05, 3.63) is 24.3 Å². The van der Waals surface area contributed by atoms with Gasteiger partial charge in [0.05, 0.1) is 25.4 Å². The van der Waals surface area contributed by atoms with Crippen molar-refractivity contribution in [1.29, 1.82) is 0 Å². The van der Waals surface area contributed by atoms with E-state index in [4.69, 9.17) is 9.47 Å². The summed E-state index contributed by atoms with van der Waals surface area (Å²) < 4.78 is 11.1. The number of rotatable bonds is 39. The zero-order chi connectivity index (χ0) is 41.8. The van der Waals surface area contributed by atoms with Crippen LogP contribution in [0.4, 0.5) is 0 Å². The van der Waals surface area contributed by atoms with Gasteiger partial charge >= 0.3 is 0 Å². The minimum absolute atomic E-state index is 0.310. The van der Waals surface area contributed by atoms with Crippen LogP contribution in [-0.2, 0) is 14.3 Å². The largest absolute Gasteiger partial charge is 0.394 e. The average Bonchev–Trinajstić information content (AvgIpc) is 3.21. The van der Waals surface area contributed by atoms with Crippen molar-refractivity contribution in [2.45, 2.75) is 255 Å². The van der Waals surface area contributed by atoms with E-state index in [0.717, 1.165) is 57.8 Å². The summed E-state index contributed by atoms with van der Waals surface area (Å²) in [6.45, 7) is 3.59. The molecule has 7 N–H and O–H groups in total. The molecule has 0 unspecified atom stereocenters. The fourth-order valence-electron chi connectivity index (χ4n) is 7.45. The van der Waals surface area contributed by atoms with E-state index in [0.29, 0.717) is 6.42 Å². The second-order valence-corrected chi connectivity index (χ2v) is 16.7. The Morgan fingerprint density at radius 2 is 1.02 bits per heavy atom. The normalized spacial score (nSPS) is 21.7. The van der Waals surface area contributed by atoms with Crippen molar-refractivity contribution in [2.75, 3.05) is 13.2 Å². The SMILES string of the molecule is CCCCCCC/C=C/CCCC/C=C/[C@H](O)[C@@H](CO[C@@H]1O[C@H](CO)[C@@H](O)[C@H](O)[C@H]1O)NC(=O)[C@H](O)CCCCCCCCCCCCCCCCCCCCC. The zero-order valence-corrected chi connectivity index (χ0v) is 36.5. The summed E-state index contributed by atoms with van der Waals surface area (Å²) in [7, 11) is 0. The quantitative estimate of drug-likeness (QED) is 0.0237. The molecule has 1 aliphatic rings. The van der Waals surface area contributed by atoms with Gasteiger partial charge in [0.25, 0.3) is 0 Å². The van der Waals surface area contributed by atoms with E-state index in [-0.39, 0.29) is 6.61 Å². The van der Waals surface area contributed by atoms with Gasteiger partial charge in [0, 0.05) is 0 Å². The van der Waals surface area contributed by atoms with E-state index in [1.54, 1.807) is 6.08 Å². The maximum Gasteiger partial charge on any atom is 0.249 e. The third kappa shape index (κ3) is 27.9. The smallest absolute Gasteiger partial charge is 0.249 e. The molecule has 0 aromatic rings. The van der Waals surface area contributed by atoms with Gasteiger partial charge in [0.15, 0.2) is 6.29 Å². The molecule has 1 amide bonds. The maximum absolute atomic E-state index is 13.0. The Labute approximate surface area is 348 Å². The Morgan fingerprint density at radius 3 is 1.49 bits per heavy atom. The molecule has 0 radical (unpaired) electrons. The molecular weight excluding hydrogens is 723 g/mol. The lowest BCUT2D eigenvalue weighted by Crippen LogP contribution is -2.60. The van der Waals surface area contributed by atoms with E-state index in [2.05, 4.69) is 31.3 Å². The number of aliphatic hydroxyl groups excluding tert-OH is 6. The van der Waals surface area contributed by atoms with E-state index >= 15 is 0 Å². The molecule has 10 heteroatoms. The predicted molar refractivity (Wildman–Crippen MR) is 232 cm³/mol. The molecule has 0 aromatic carbocycles. The summed E-state index contributed by atoms with van der Waals surface area (Å²) in [5.74, 6) is -0.621. The highest BCUT2D eigenvalue weighted by atomic mass is 16.7. The topological polar surface area (TPSA) is 169 Å². The van der Waals surface area contributed by atoms with Crippen LogP contribution < -0.4 is 5.32 Å². The first-order valence-electron chi connectivity index (χ1n) is 23.7. The number of carbonyl (C=O) groups is 1. The molecule has 8 atom stereocenters.